The minimum Gasteiger partial charge on any atom is -0.484 e. The molecule has 6 nitrogen and oxygen atoms in total. The van der Waals surface area contributed by atoms with Crippen molar-refractivity contribution in [3.63, 3.8) is 0 Å². The Morgan fingerprint density at radius 3 is 2.50 bits per heavy atom. The lowest BCUT2D eigenvalue weighted by Gasteiger charge is -2.28. The van der Waals surface area contributed by atoms with Crippen molar-refractivity contribution >= 4 is 10.9 Å². The molecular formula is C24H26N4O2. The van der Waals surface area contributed by atoms with E-state index in [1.165, 1.54) is 10.6 Å². The average Bonchev–Trinajstić information content (AvgIpc) is 3.17. The van der Waals surface area contributed by atoms with Crippen LogP contribution in [0.2, 0.25) is 0 Å². The highest BCUT2D eigenvalue weighted by Gasteiger charge is 2.24. The lowest BCUT2D eigenvalue weighted by atomic mass is 9.94. The first-order chi connectivity index (χ1) is 14.4. The van der Waals surface area contributed by atoms with Gasteiger partial charge in [-0.2, -0.15) is 5.10 Å². The largest absolute Gasteiger partial charge is 0.484 e. The van der Waals surface area contributed by atoms with Gasteiger partial charge in [0.2, 0.25) is 5.56 Å². The SMILES string of the molecule is CC(C)C(N)C(Oc1ccc2c(cnn2-c2ccc(=O)n(C)c2)c1)c1ccccc1. The van der Waals surface area contributed by atoms with Crippen molar-refractivity contribution in [1.82, 2.24) is 14.3 Å². The van der Waals surface area contributed by atoms with Gasteiger partial charge in [0, 0.05) is 30.7 Å². The number of ether oxygens (including phenoxy) is 1. The van der Waals surface area contributed by atoms with Gasteiger partial charge < -0.3 is 15.0 Å². The van der Waals surface area contributed by atoms with Crippen LogP contribution >= 0.6 is 0 Å². The summed E-state index contributed by atoms with van der Waals surface area (Å²) in [6.07, 6.45) is 3.32. The van der Waals surface area contributed by atoms with Gasteiger partial charge >= 0.3 is 0 Å². The van der Waals surface area contributed by atoms with E-state index >= 15 is 0 Å². The Bertz CT molecular complexity index is 1210. The molecule has 0 saturated heterocycles. The molecule has 30 heavy (non-hydrogen) atoms. The fourth-order valence-corrected chi connectivity index (χ4v) is 3.50. The molecule has 0 radical (unpaired) electrons. The zero-order valence-electron chi connectivity index (χ0n) is 17.4. The maximum Gasteiger partial charge on any atom is 0.250 e. The number of aryl methyl sites for hydroxylation is 1. The smallest absolute Gasteiger partial charge is 0.250 e. The molecule has 0 spiro atoms. The van der Waals surface area contributed by atoms with Crippen LogP contribution in [0.4, 0.5) is 0 Å². The third-order valence-corrected chi connectivity index (χ3v) is 5.36. The van der Waals surface area contributed by atoms with Crippen LogP contribution in [0.1, 0.15) is 25.5 Å². The fraction of sp³-hybridized carbons (Fsp3) is 0.250. The monoisotopic (exact) mass is 402 g/mol. The van der Waals surface area contributed by atoms with E-state index in [1.807, 2.05) is 53.2 Å². The Hall–Kier alpha value is -3.38. The Labute approximate surface area is 175 Å². The quantitative estimate of drug-likeness (QED) is 0.532. The summed E-state index contributed by atoms with van der Waals surface area (Å²) in [6.45, 7) is 4.20. The van der Waals surface area contributed by atoms with Crippen molar-refractivity contribution in [2.45, 2.75) is 26.0 Å². The summed E-state index contributed by atoms with van der Waals surface area (Å²) >= 11 is 0. The van der Waals surface area contributed by atoms with Crippen LogP contribution in [0.5, 0.6) is 5.75 Å². The second kappa shape index (κ2) is 8.16. The van der Waals surface area contributed by atoms with Crippen LogP contribution in [0.25, 0.3) is 16.6 Å². The van der Waals surface area contributed by atoms with Crippen molar-refractivity contribution in [2.24, 2.45) is 18.7 Å². The molecule has 2 heterocycles. The van der Waals surface area contributed by atoms with E-state index in [1.54, 1.807) is 25.5 Å². The second-order valence-corrected chi connectivity index (χ2v) is 7.88. The van der Waals surface area contributed by atoms with Gasteiger partial charge in [-0.15, -0.1) is 0 Å². The summed E-state index contributed by atoms with van der Waals surface area (Å²) in [7, 11) is 1.73. The number of fused-ring (bicyclic) bond motifs is 1. The molecule has 0 saturated carbocycles. The van der Waals surface area contributed by atoms with Gasteiger partial charge in [0.25, 0.3) is 0 Å². The van der Waals surface area contributed by atoms with Gasteiger partial charge in [-0.3, -0.25) is 4.79 Å². The molecule has 0 aliphatic carbocycles. The molecule has 2 N–H and O–H groups in total. The normalized spacial score (nSPS) is 13.5. The fourth-order valence-electron chi connectivity index (χ4n) is 3.50. The molecule has 154 valence electrons. The molecule has 2 atom stereocenters. The molecular weight excluding hydrogens is 376 g/mol. The zero-order chi connectivity index (χ0) is 21.3. The molecule has 0 amide bonds. The minimum absolute atomic E-state index is 0.0562. The topological polar surface area (TPSA) is 75.1 Å². The summed E-state index contributed by atoms with van der Waals surface area (Å²) in [5.41, 5.74) is 9.25. The lowest BCUT2D eigenvalue weighted by Crippen LogP contribution is -2.36. The average molecular weight is 402 g/mol. The first kappa shape index (κ1) is 19.9. The molecule has 2 unspecified atom stereocenters. The Morgan fingerprint density at radius 2 is 1.80 bits per heavy atom. The van der Waals surface area contributed by atoms with Crippen LogP contribution in [-0.2, 0) is 7.05 Å². The van der Waals surface area contributed by atoms with Gasteiger partial charge in [-0.25, -0.2) is 4.68 Å². The minimum atomic E-state index is -0.248. The van der Waals surface area contributed by atoms with Crippen LogP contribution in [0, 0.1) is 5.92 Å². The van der Waals surface area contributed by atoms with Crippen LogP contribution in [-0.4, -0.2) is 20.4 Å². The highest BCUT2D eigenvalue weighted by molar-refractivity contribution is 5.81. The maximum absolute atomic E-state index is 11.7. The van der Waals surface area contributed by atoms with Crippen molar-refractivity contribution in [1.29, 1.82) is 0 Å². The lowest BCUT2D eigenvalue weighted by molar-refractivity contribution is 0.151. The Balaban J connectivity index is 1.68. The van der Waals surface area contributed by atoms with Crippen molar-refractivity contribution in [3.8, 4) is 11.4 Å². The van der Waals surface area contributed by atoms with Gasteiger partial charge in [-0.05, 0) is 35.7 Å². The number of nitrogens with two attached hydrogens (primary N) is 1. The molecule has 2 aromatic carbocycles. The molecule has 4 aromatic rings. The van der Waals surface area contributed by atoms with Crippen LogP contribution in [0.15, 0.2) is 77.9 Å². The number of benzene rings is 2. The van der Waals surface area contributed by atoms with E-state index in [2.05, 4.69) is 18.9 Å². The predicted molar refractivity (Wildman–Crippen MR) is 119 cm³/mol. The van der Waals surface area contributed by atoms with Gasteiger partial charge in [-0.1, -0.05) is 44.2 Å². The van der Waals surface area contributed by atoms with E-state index in [0.717, 1.165) is 27.9 Å². The van der Waals surface area contributed by atoms with Crippen molar-refractivity contribution in [2.75, 3.05) is 0 Å². The highest BCUT2D eigenvalue weighted by atomic mass is 16.5. The molecule has 2 aromatic heterocycles. The van der Waals surface area contributed by atoms with Gasteiger partial charge in [0.15, 0.2) is 0 Å². The first-order valence-electron chi connectivity index (χ1n) is 10.1. The summed E-state index contributed by atoms with van der Waals surface area (Å²) in [5, 5.41) is 5.45. The number of rotatable bonds is 6. The van der Waals surface area contributed by atoms with E-state index < -0.39 is 0 Å². The number of hydrogen-bond acceptors (Lipinski definition) is 4. The standard InChI is InChI=1S/C24H26N4O2/c1-16(2)23(25)24(17-7-5-4-6-8-17)30-20-10-11-21-18(13-20)14-26-28(21)19-9-12-22(29)27(3)15-19/h4-16,23-24H,25H2,1-3H3. The summed E-state index contributed by atoms with van der Waals surface area (Å²) in [4.78, 5) is 11.7. The number of hydrogen-bond donors (Lipinski definition) is 1. The van der Waals surface area contributed by atoms with Crippen LogP contribution in [0.3, 0.4) is 0 Å². The van der Waals surface area contributed by atoms with E-state index in [9.17, 15) is 4.79 Å². The second-order valence-electron chi connectivity index (χ2n) is 7.88. The molecule has 0 aliphatic rings. The number of pyridine rings is 1. The summed E-state index contributed by atoms with van der Waals surface area (Å²) in [6, 6.07) is 19.1. The first-order valence-corrected chi connectivity index (χ1v) is 10.1. The number of nitrogens with zero attached hydrogens (tertiary/aromatic N) is 3. The van der Waals surface area contributed by atoms with Crippen molar-refractivity contribution in [3.05, 3.63) is 89.0 Å². The highest BCUT2D eigenvalue weighted by Crippen LogP contribution is 2.30. The third-order valence-electron chi connectivity index (χ3n) is 5.36. The summed E-state index contributed by atoms with van der Waals surface area (Å²) < 4.78 is 9.73. The van der Waals surface area contributed by atoms with Gasteiger partial charge in [0.1, 0.15) is 11.9 Å². The van der Waals surface area contributed by atoms with Crippen LogP contribution < -0.4 is 16.0 Å². The molecule has 0 fully saturated rings. The maximum atomic E-state index is 11.7. The Morgan fingerprint density at radius 1 is 1.03 bits per heavy atom. The molecule has 4 rings (SSSR count). The zero-order valence-corrected chi connectivity index (χ0v) is 17.4. The molecule has 0 bridgehead atoms. The van der Waals surface area contributed by atoms with Crippen molar-refractivity contribution < 1.29 is 4.74 Å². The molecule has 6 heteroatoms. The predicted octanol–water partition coefficient (Wildman–Crippen LogP) is 3.83. The van der Waals surface area contributed by atoms with E-state index in [-0.39, 0.29) is 23.6 Å². The van der Waals surface area contributed by atoms with E-state index in [4.69, 9.17) is 10.5 Å². The Kier molecular flexibility index (Phi) is 5.42. The van der Waals surface area contributed by atoms with E-state index in [0.29, 0.717) is 0 Å². The molecule has 0 aliphatic heterocycles. The third kappa shape index (κ3) is 3.86. The van der Waals surface area contributed by atoms with Gasteiger partial charge in [0.05, 0.1) is 17.4 Å². The summed E-state index contributed by atoms with van der Waals surface area (Å²) in [5.74, 6) is 1.01. The number of aromatic nitrogens is 3.